The van der Waals surface area contributed by atoms with Crippen molar-refractivity contribution in [1.82, 2.24) is 0 Å². The Morgan fingerprint density at radius 3 is 2.59 bits per heavy atom. The summed E-state index contributed by atoms with van der Waals surface area (Å²) in [5, 5.41) is 11.7. The molecule has 88 valence electrons. The second-order valence-electron chi connectivity index (χ2n) is 3.52. The third-order valence-corrected chi connectivity index (χ3v) is 4.11. The van der Waals surface area contributed by atoms with Crippen LogP contribution in [0.4, 0.5) is 0 Å². The molecule has 0 bridgehead atoms. The normalized spacial score (nSPS) is 13.9. The number of aromatic carboxylic acids is 1. The van der Waals surface area contributed by atoms with Crippen LogP contribution in [0.25, 0.3) is 10.1 Å². The van der Waals surface area contributed by atoms with Crippen LogP contribution in [-0.4, -0.2) is 19.2 Å². The summed E-state index contributed by atoms with van der Waals surface area (Å²) in [5.74, 6) is -0.0593. The van der Waals surface area contributed by atoms with Crippen LogP contribution in [0.15, 0.2) is 12.1 Å². The van der Waals surface area contributed by atoms with E-state index < -0.39 is 5.97 Å². The standard InChI is InChI=1S/C11H7ClO4S/c12-9-5-3-6-7(16-2-1-15-6)4-8(5)17-10(9)11(13)14/h3-4H,1-2H2,(H,13,14)/p-1. The van der Waals surface area contributed by atoms with Crippen LogP contribution in [0.2, 0.25) is 5.02 Å². The Morgan fingerprint density at radius 1 is 1.29 bits per heavy atom. The van der Waals surface area contributed by atoms with Crippen molar-refractivity contribution < 1.29 is 19.4 Å². The number of carbonyl (C=O) groups excluding carboxylic acids is 1. The molecule has 0 aliphatic carbocycles. The van der Waals surface area contributed by atoms with Crippen molar-refractivity contribution in [1.29, 1.82) is 0 Å². The van der Waals surface area contributed by atoms with Gasteiger partial charge in [-0.15, -0.1) is 11.3 Å². The third kappa shape index (κ3) is 1.62. The van der Waals surface area contributed by atoms with Gasteiger partial charge in [-0.1, -0.05) is 11.6 Å². The van der Waals surface area contributed by atoms with E-state index in [4.69, 9.17) is 21.1 Å². The van der Waals surface area contributed by atoms with Gasteiger partial charge in [-0.2, -0.15) is 0 Å². The second kappa shape index (κ2) is 3.78. The predicted molar refractivity (Wildman–Crippen MR) is 62.2 cm³/mol. The van der Waals surface area contributed by atoms with Crippen LogP contribution >= 0.6 is 22.9 Å². The van der Waals surface area contributed by atoms with E-state index in [-0.39, 0.29) is 9.90 Å². The molecule has 1 aliphatic heterocycles. The van der Waals surface area contributed by atoms with Crippen LogP contribution in [-0.2, 0) is 0 Å². The molecular formula is C11H6ClO4S-. The molecule has 17 heavy (non-hydrogen) atoms. The summed E-state index contributed by atoms with van der Waals surface area (Å²) in [7, 11) is 0. The average Bonchev–Trinajstić information content (AvgIpc) is 2.64. The van der Waals surface area contributed by atoms with Crippen molar-refractivity contribution in [3.63, 3.8) is 0 Å². The van der Waals surface area contributed by atoms with E-state index in [0.29, 0.717) is 30.1 Å². The molecule has 0 saturated heterocycles. The fourth-order valence-electron chi connectivity index (χ4n) is 1.73. The van der Waals surface area contributed by atoms with Gasteiger partial charge in [-0.05, 0) is 6.07 Å². The average molecular weight is 270 g/mol. The van der Waals surface area contributed by atoms with Gasteiger partial charge in [0.25, 0.3) is 0 Å². The lowest BCUT2D eigenvalue weighted by Gasteiger charge is -2.18. The molecule has 2 heterocycles. The van der Waals surface area contributed by atoms with Gasteiger partial charge < -0.3 is 19.4 Å². The Bertz CT molecular complexity index is 619. The molecule has 0 fully saturated rings. The van der Waals surface area contributed by atoms with Gasteiger partial charge in [0.05, 0.1) is 15.9 Å². The first kappa shape index (κ1) is 10.7. The minimum Gasteiger partial charge on any atom is -0.544 e. The smallest absolute Gasteiger partial charge is 0.162 e. The summed E-state index contributed by atoms with van der Waals surface area (Å²) >= 11 is 7.06. The molecule has 1 aromatic heterocycles. The van der Waals surface area contributed by atoms with Gasteiger partial charge in [0, 0.05) is 16.2 Å². The summed E-state index contributed by atoms with van der Waals surface area (Å²) in [6, 6.07) is 3.45. The molecule has 1 aromatic carbocycles. The van der Waals surface area contributed by atoms with Crippen molar-refractivity contribution in [3.05, 3.63) is 22.0 Å². The van der Waals surface area contributed by atoms with Crippen molar-refractivity contribution in [2.45, 2.75) is 0 Å². The van der Waals surface area contributed by atoms with Gasteiger partial charge >= 0.3 is 0 Å². The van der Waals surface area contributed by atoms with Gasteiger partial charge in [0.2, 0.25) is 0 Å². The van der Waals surface area contributed by atoms with E-state index in [1.54, 1.807) is 12.1 Å². The number of carbonyl (C=O) groups is 1. The van der Waals surface area contributed by atoms with E-state index in [1.165, 1.54) is 0 Å². The summed E-state index contributed by atoms with van der Waals surface area (Å²) in [6.07, 6.45) is 0. The molecular weight excluding hydrogens is 264 g/mol. The van der Waals surface area contributed by atoms with Crippen molar-refractivity contribution in [2.24, 2.45) is 0 Å². The van der Waals surface area contributed by atoms with Crippen molar-refractivity contribution in [3.8, 4) is 11.5 Å². The van der Waals surface area contributed by atoms with Crippen molar-refractivity contribution in [2.75, 3.05) is 13.2 Å². The van der Waals surface area contributed by atoms with Crippen molar-refractivity contribution >= 4 is 39.0 Å². The van der Waals surface area contributed by atoms with Crippen LogP contribution in [0, 0.1) is 0 Å². The number of benzene rings is 1. The Hall–Kier alpha value is -1.46. The highest BCUT2D eigenvalue weighted by Crippen LogP contribution is 2.42. The van der Waals surface area contributed by atoms with Gasteiger partial charge in [0.1, 0.15) is 13.2 Å². The Labute approximate surface area is 105 Å². The molecule has 3 rings (SSSR count). The lowest BCUT2D eigenvalue weighted by atomic mass is 10.2. The van der Waals surface area contributed by atoms with E-state index in [0.717, 1.165) is 16.0 Å². The largest absolute Gasteiger partial charge is 0.544 e. The quantitative estimate of drug-likeness (QED) is 0.790. The summed E-state index contributed by atoms with van der Waals surface area (Å²) in [4.78, 5) is 10.9. The van der Waals surface area contributed by atoms with Crippen LogP contribution in [0.5, 0.6) is 11.5 Å². The molecule has 0 unspecified atom stereocenters. The molecule has 0 spiro atoms. The first-order valence-corrected chi connectivity index (χ1v) is 6.09. The maximum absolute atomic E-state index is 10.9. The summed E-state index contributed by atoms with van der Waals surface area (Å²) < 4.78 is 11.6. The Balaban J connectivity index is 2.27. The van der Waals surface area contributed by atoms with Crippen LogP contribution in [0.1, 0.15) is 9.67 Å². The molecule has 0 atom stereocenters. The zero-order valence-corrected chi connectivity index (χ0v) is 10.1. The molecule has 4 nitrogen and oxygen atoms in total. The fraction of sp³-hybridized carbons (Fsp3) is 0.182. The second-order valence-corrected chi connectivity index (χ2v) is 4.95. The summed E-state index contributed by atoms with van der Waals surface area (Å²) in [5.41, 5.74) is 0. The zero-order valence-electron chi connectivity index (χ0n) is 8.49. The van der Waals surface area contributed by atoms with E-state index in [2.05, 4.69) is 0 Å². The fourth-order valence-corrected chi connectivity index (χ4v) is 3.08. The van der Waals surface area contributed by atoms with E-state index in [9.17, 15) is 9.90 Å². The number of fused-ring (bicyclic) bond motifs is 2. The molecule has 1 aliphatic rings. The number of carboxylic acids is 1. The Kier molecular flexibility index (Phi) is 2.38. The number of rotatable bonds is 1. The topological polar surface area (TPSA) is 58.6 Å². The number of thiophene rings is 1. The molecule has 0 N–H and O–H groups in total. The third-order valence-electron chi connectivity index (χ3n) is 2.48. The number of halogens is 1. The van der Waals surface area contributed by atoms with Crippen LogP contribution < -0.4 is 14.6 Å². The highest BCUT2D eigenvalue weighted by Gasteiger charge is 2.17. The number of hydrogen-bond acceptors (Lipinski definition) is 5. The Morgan fingerprint density at radius 2 is 1.94 bits per heavy atom. The molecule has 0 amide bonds. The van der Waals surface area contributed by atoms with E-state index >= 15 is 0 Å². The first-order valence-electron chi connectivity index (χ1n) is 4.90. The van der Waals surface area contributed by atoms with Gasteiger partial charge in [-0.3, -0.25) is 0 Å². The monoisotopic (exact) mass is 269 g/mol. The highest BCUT2D eigenvalue weighted by atomic mass is 35.5. The zero-order chi connectivity index (χ0) is 12.0. The van der Waals surface area contributed by atoms with Crippen LogP contribution in [0.3, 0.4) is 0 Å². The lowest BCUT2D eigenvalue weighted by Crippen LogP contribution is -2.21. The summed E-state index contributed by atoms with van der Waals surface area (Å²) in [6.45, 7) is 0.971. The minimum absolute atomic E-state index is 0.0315. The maximum Gasteiger partial charge on any atom is 0.162 e. The lowest BCUT2D eigenvalue weighted by molar-refractivity contribution is -0.254. The molecule has 0 saturated carbocycles. The van der Waals surface area contributed by atoms with Gasteiger partial charge in [-0.25, -0.2) is 0 Å². The first-order chi connectivity index (χ1) is 8.16. The number of carboxylic acid groups (broad SMARTS) is 1. The highest BCUT2D eigenvalue weighted by molar-refractivity contribution is 7.21. The number of hydrogen-bond donors (Lipinski definition) is 0. The van der Waals surface area contributed by atoms with E-state index in [1.807, 2.05) is 0 Å². The predicted octanol–water partition coefficient (Wildman–Crippen LogP) is 1.69. The SMILES string of the molecule is O=C([O-])c1sc2cc3c(cc2c1Cl)OCCO3. The molecule has 0 radical (unpaired) electrons. The van der Waals surface area contributed by atoms with Gasteiger partial charge in [0.15, 0.2) is 11.5 Å². The molecule has 2 aromatic rings. The maximum atomic E-state index is 10.9. The molecule has 6 heteroatoms. The number of ether oxygens (including phenoxy) is 2. The minimum atomic E-state index is -1.27.